The van der Waals surface area contributed by atoms with Gasteiger partial charge in [0.25, 0.3) is 5.91 Å². The third kappa shape index (κ3) is 5.51. The molecule has 0 bridgehead atoms. The summed E-state index contributed by atoms with van der Waals surface area (Å²) < 4.78 is 56.9. The number of benzene rings is 1. The molecule has 1 aliphatic rings. The first-order valence-corrected chi connectivity index (χ1v) is 9.83. The number of likely N-dealkylation sites (tertiary alicyclic amines) is 1. The minimum atomic E-state index is -4.70. The van der Waals surface area contributed by atoms with E-state index in [1.165, 1.54) is 35.1 Å². The van der Waals surface area contributed by atoms with Gasteiger partial charge in [0.05, 0.1) is 18.0 Å². The summed E-state index contributed by atoms with van der Waals surface area (Å²) in [5, 5.41) is 16.7. The molecule has 1 saturated heterocycles. The Balaban J connectivity index is 1.76. The molecule has 0 radical (unpaired) electrons. The number of hydrogen-bond acceptors (Lipinski definition) is 6. The first-order valence-electron chi connectivity index (χ1n) is 9.83. The molecule has 9 nitrogen and oxygen atoms in total. The van der Waals surface area contributed by atoms with Crippen LogP contribution in [0.4, 0.5) is 33.9 Å². The van der Waals surface area contributed by atoms with Crippen LogP contribution in [-0.4, -0.2) is 52.1 Å². The number of amides is 2. The van der Waals surface area contributed by atoms with Gasteiger partial charge < -0.3 is 20.7 Å². The molecule has 0 saturated carbocycles. The average molecular weight is 468 g/mol. The number of nitriles is 1. The van der Waals surface area contributed by atoms with Crippen LogP contribution in [0.1, 0.15) is 29.7 Å². The number of alkyl halides is 3. The Hall–Kier alpha value is -3.82. The third-order valence-corrected chi connectivity index (χ3v) is 5.18. The van der Waals surface area contributed by atoms with Crippen LogP contribution < -0.4 is 11.1 Å². The van der Waals surface area contributed by atoms with Crippen LogP contribution in [0.25, 0.3) is 0 Å². The molecule has 2 heterocycles. The van der Waals surface area contributed by atoms with E-state index in [-0.39, 0.29) is 30.9 Å². The molecule has 1 aliphatic heterocycles. The van der Waals surface area contributed by atoms with Crippen molar-refractivity contribution in [2.24, 2.45) is 11.7 Å². The Kier molecular flexibility index (Phi) is 6.75. The van der Waals surface area contributed by atoms with Gasteiger partial charge in [-0.25, -0.2) is 9.18 Å². The number of aromatic nitrogens is 2. The van der Waals surface area contributed by atoms with Crippen molar-refractivity contribution in [3.8, 4) is 6.07 Å². The molecular formula is C20H20F4N6O3. The Morgan fingerprint density at radius 3 is 2.58 bits per heavy atom. The molecule has 1 fully saturated rings. The van der Waals surface area contributed by atoms with Gasteiger partial charge in [-0.05, 0) is 37.6 Å². The van der Waals surface area contributed by atoms with Gasteiger partial charge in [0.2, 0.25) is 0 Å². The lowest BCUT2D eigenvalue weighted by molar-refractivity contribution is -0.200. The fourth-order valence-corrected chi connectivity index (χ4v) is 3.35. The summed E-state index contributed by atoms with van der Waals surface area (Å²) in [6, 6.07) is 6.73. The highest BCUT2D eigenvalue weighted by Crippen LogP contribution is 2.31. The Bertz CT molecular complexity index is 1060. The fourth-order valence-electron chi connectivity index (χ4n) is 3.35. The molecule has 1 aromatic heterocycles. The molecule has 1 aromatic carbocycles. The monoisotopic (exact) mass is 468 g/mol. The summed E-state index contributed by atoms with van der Waals surface area (Å²) >= 11 is 0. The molecule has 2 aromatic rings. The van der Waals surface area contributed by atoms with Crippen LogP contribution in [0.5, 0.6) is 0 Å². The van der Waals surface area contributed by atoms with Gasteiger partial charge in [-0.1, -0.05) is 0 Å². The molecule has 0 spiro atoms. The summed E-state index contributed by atoms with van der Waals surface area (Å²) in [6.45, 7) is 0.549. The molecule has 2 amide bonds. The van der Waals surface area contributed by atoms with Crippen molar-refractivity contribution < 1.29 is 31.9 Å². The number of primary amides is 1. The van der Waals surface area contributed by atoms with E-state index in [1.807, 2.05) is 6.07 Å². The van der Waals surface area contributed by atoms with Crippen molar-refractivity contribution in [2.45, 2.75) is 31.7 Å². The molecule has 3 rings (SSSR count). The van der Waals surface area contributed by atoms with E-state index in [4.69, 9.17) is 5.73 Å². The van der Waals surface area contributed by atoms with Gasteiger partial charge in [0.1, 0.15) is 11.4 Å². The van der Waals surface area contributed by atoms with Crippen LogP contribution >= 0.6 is 0 Å². The van der Waals surface area contributed by atoms with Gasteiger partial charge in [0, 0.05) is 25.0 Å². The largest absolute Gasteiger partial charge is 0.437 e. The van der Waals surface area contributed by atoms with E-state index in [0.29, 0.717) is 5.69 Å². The van der Waals surface area contributed by atoms with Crippen LogP contribution in [0, 0.1) is 23.1 Å². The molecule has 3 N–H and O–H groups in total. The third-order valence-electron chi connectivity index (χ3n) is 5.18. The lowest BCUT2D eigenvalue weighted by atomic mass is 9.94. The Morgan fingerprint density at radius 2 is 2.00 bits per heavy atom. The first kappa shape index (κ1) is 23.8. The topological polar surface area (TPSA) is 126 Å². The van der Waals surface area contributed by atoms with Crippen LogP contribution in [-0.2, 0) is 4.74 Å². The number of nitrogens with zero attached hydrogens (tertiary/aromatic N) is 4. The predicted molar refractivity (Wildman–Crippen MR) is 107 cm³/mol. The number of nitrogens with one attached hydrogen (secondary N) is 1. The number of piperidine rings is 1. The van der Waals surface area contributed by atoms with Crippen molar-refractivity contribution in [3.63, 3.8) is 0 Å². The van der Waals surface area contributed by atoms with Crippen molar-refractivity contribution in [1.82, 2.24) is 14.7 Å². The molecule has 0 aliphatic carbocycles. The van der Waals surface area contributed by atoms with Crippen molar-refractivity contribution in [2.75, 3.05) is 18.4 Å². The molecule has 33 heavy (non-hydrogen) atoms. The number of carbonyl (C=O) groups excluding carboxylic acids is 2. The SMILES string of the molecule is CC(OC(=O)N1CC[C@H](n2cc(C(N)=O)c(Nc3ccc(F)cc3)n2)[C@@H](C#N)C1)C(F)(F)F. The van der Waals surface area contributed by atoms with Crippen LogP contribution in [0.15, 0.2) is 30.5 Å². The van der Waals surface area contributed by atoms with Gasteiger partial charge in [-0.15, -0.1) is 0 Å². The zero-order valence-corrected chi connectivity index (χ0v) is 17.3. The van der Waals surface area contributed by atoms with Crippen LogP contribution in [0.3, 0.4) is 0 Å². The van der Waals surface area contributed by atoms with Crippen LogP contribution in [0.2, 0.25) is 0 Å². The van der Waals surface area contributed by atoms with Gasteiger partial charge in [-0.2, -0.15) is 23.5 Å². The molecule has 13 heteroatoms. The second kappa shape index (κ2) is 9.35. The zero-order chi connectivity index (χ0) is 24.3. The molecule has 3 atom stereocenters. The lowest BCUT2D eigenvalue weighted by Gasteiger charge is -2.35. The fraction of sp³-hybridized carbons (Fsp3) is 0.400. The van der Waals surface area contributed by atoms with Gasteiger partial charge in [0.15, 0.2) is 11.9 Å². The Labute approximate surface area is 185 Å². The predicted octanol–water partition coefficient (Wildman–Crippen LogP) is 3.34. The van der Waals surface area contributed by atoms with Gasteiger partial charge >= 0.3 is 12.3 Å². The molecule has 176 valence electrons. The maximum absolute atomic E-state index is 13.1. The summed E-state index contributed by atoms with van der Waals surface area (Å²) in [6.07, 6.45) is -6.63. The van der Waals surface area contributed by atoms with Crippen molar-refractivity contribution >= 4 is 23.5 Å². The maximum Gasteiger partial charge on any atom is 0.425 e. The standard InChI is InChI=1S/C20H20F4N6O3/c1-11(20(22,23)24)33-19(32)29-7-6-16(12(8-25)9-29)30-10-15(17(26)31)18(28-30)27-14-4-2-13(21)3-5-14/h2-5,10-12,16H,6-7,9H2,1H3,(H2,26,31)(H,27,28)/t11?,12-,16-/m0/s1. The number of rotatable bonds is 5. The number of nitrogens with two attached hydrogens (primary N) is 1. The smallest absolute Gasteiger partial charge is 0.425 e. The lowest BCUT2D eigenvalue weighted by Crippen LogP contribution is -2.46. The number of carbonyl (C=O) groups is 2. The summed E-state index contributed by atoms with van der Waals surface area (Å²) in [5.41, 5.74) is 5.89. The van der Waals surface area contributed by atoms with Crippen molar-refractivity contribution in [1.29, 1.82) is 5.26 Å². The highest BCUT2D eigenvalue weighted by Gasteiger charge is 2.41. The van der Waals surface area contributed by atoms with E-state index in [9.17, 15) is 32.4 Å². The van der Waals surface area contributed by atoms with E-state index in [0.717, 1.165) is 11.8 Å². The number of halogens is 4. The van der Waals surface area contributed by atoms with Gasteiger partial charge in [-0.3, -0.25) is 9.48 Å². The summed E-state index contributed by atoms with van der Waals surface area (Å²) in [4.78, 5) is 25.0. The highest BCUT2D eigenvalue weighted by atomic mass is 19.4. The number of anilines is 2. The van der Waals surface area contributed by atoms with Crippen molar-refractivity contribution in [3.05, 3.63) is 41.8 Å². The first-order chi connectivity index (χ1) is 15.5. The van der Waals surface area contributed by atoms with E-state index >= 15 is 0 Å². The normalized spacial score (nSPS) is 19.5. The maximum atomic E-state index is 13.1. The quantitative estimate of drug-likeness (QED) is 0.649. The molecule has 1 unspecified atom stereocenters. The minimum Gasteiger partial charge on any atom is -0.437 e. The zero-order valence-electron chi connectivity index (χ0n) is 17.3. The summed E-state index contributed by atoms with van der Waals surface area (Å²) in [7, 11) is 0. The molecular weight excluding hydrogens is 448 g/mol. The second-order valence-electron chi connectivity index (χ2n) is 7.47. The van der Waals surface area contributed by atoms with E-state index in [2.05, 4.69) is 15.2 Å². The average Bonchev–Trinajstić information content (AvgIpc) is 3.18. The number of ether oxygens (including phenoxy) is 1. The summed E-state index contributed by atoms with van der Waals surface area (Å²) in [5.74, 6) is -1.99. The Morgan fingerprint density at radius 1 is 1.33 bits per heavy atom. The number of hydrogen-bond donors (Lipinski definition) is 2. The minimum absolute atomic E-state index is 0.0126. The van der Waals surface area contributed by atoms with E-state index < -0.39 is 42.1 Å². The highest BCUT2D eigenvalue weighted by molar-refractivity contribution is 5.98. The van der Waals surface area contributed by atoms with E-state index in [1.54, 1.807) is 0 Å². The second-order valence-corrected chi connectivity index (χ2v) is 7.47.